The Morgan fingerprint density at radius 3 is 2.77 bits per heavy atom. The lowest BCUT2D eigenvalue weighted by atomic mass is 10.2. The Hall–Kier alpha value is -2.51. The summed E-state index contributed by atoms with van der Waals surface area (Å²) in [6.07, 6.45) is -0.709. The van der Waals surface area contributed by atoms with Crippen LogP contribution in [-0.2, 0) is 14.3 Å². The van der Waals surface area contributed by atoms with Crippen LogP contribution in [0.2, 0.25) is 10.0 Å². The second kappa shape index (κ2) is 7.80. The number of para-hydroxylation sites is 2. The number of carbonyl (C=O) groups excluding carboxylic acids is 2. The number of nitrogens with zero attached hydrogens (tertiary/aromatic N) is 1. The Balaban J connectivity index is 1.58. The van der Waals surface area contributed by atoms with Gasteiger partial charge >= 0.3 is 5.97 Å². The van der Waals surface area contributed by atoms with E-state index in [0.717, 1.165) is 0 Å². The van der Waals surface area contributed by atoms with Crippen LogP contribution < -0.4 is 14.8 Å². The highest BCUT2D eigenvalue weighted by atomic mass is 35.5. The topological polar surface area (TPSA) is 86.8 Å². The van der Waals surface area contributed by atoms with E-state index >= 15 is 0 Å². The first-order valence-corrected chi connectivity index (χ1v) is 8.40. The zero-order valence-corrected chi connectivity index (χ0v) is 15.1. The summed E-state index contributed by atoms with van der Waals surface area (Å²) in [5.41, 5.74) is 0. The minimum atomic E-state index is -1.09. The lowest BCUT2D eigenvalue weighted by Crippen LogP contribution is -2.41. The zero-order chi connectivity index (χ0) is 18.7. The number of halogens is 2. The highest BCUT2D eigenvalue weighted by Gasteiger charge is 2.31. The zero-order valence-electron chi connectivity index (χ0n) is 13.6. The second-order valence-electron chi connectivity index (χ2n) is 5.42. The molecule has 7 nitrogen and oxygen atoms in total. The number of hydrogen-bond donors (Lipinski definition) is 1. The van der Waals surface area contributed by atoms with Gasteiger partial charge in [0, 0.05) is 6.20 Å². The van der Waals surface area contributed by atoms with Crippen LogP contribution in [0.4, 0.5) is 5.82 Å². The highest BCUT2D eigenvalue weighted by molar-refractivity contribution is 6.36. The molecule has 1 aliphatic heterocycles. The third-order valence-corrected chi connectivity index (χ3v) is 3.98. The molecule has 0 bridgehead atoms. The van der Waals surface area contributed by atoms with Crippen molar-refractivity contribution >= 4 is 40.9 Å². The number of carbonyl (C=O) groups is 2. The van der Waals surface area contributed by atoms with Gasteiger partial charge in [-0.15, -0.1) is 0 Å². The maximum Gasteiger partial charge on any atom is 0.351 e. The van der Waals surface area contributed by atoms with Gasteiger partial charge in [0.05, 0.1) is 10.0 Å². The van der Waals surface area contributed by atoms with Crippen molar-refractivity contribution in [2.45, 2.75) is 19.1 Å². The van der Waals surface area contributed by atoms with Crippen LogP contribution in [-0.4, -0.2) is 35.7 Å². The predicted molar refractivity (Wildman–Crippen MR) is 94.8 cm³/mol. The normalized spacial score (nSPS) is 16.5. The summed E-state index contributed by atoms with van der Waals surface area (Å²) in [7, 11) is 0. The molecule has 2 aromatic rings. The summed E-state index contributed by atoms with van der Waals surface area (Å²) < 4.78 is 16.2. The summed E-state index contributed by atoms with van der Waals surface area (Å²) >= 11 is 11.7. The summed E-state index contributed by atoms with van der Waals surface area (Å²) in [4.78, 5) is 28.3. The van der Waals surface area contributed by atoms with E-state index in [1.807, 2.05) is 0 Å². The van der Waals surface area contributed by atoms with Crippen LogP contribution in [0.5, 0.6) is 11.5 Å². The number of aromatic nitrogens is 1. The molecule has 3 rings (SSSR count). The number of fused-ring (bicyclic) bond motifs is 1. The molecule has 0 unspecified atom stereocenters. The van der Waals surface area contributed by atoms with Crippen molar-refractivity contribution in [2.24, 2.45) is 0 Å². The van der Waals surface area contributed by atoms with Gasteiger partial charge in [-0.05, 0) is 25.1 Å². The molecule has 0 saturated carbocycles. The molecule has 136 valence electrons. The molecular weight excluding hydrogens is 383 g/mol. The Morgan fingerprint density at radius 1 is 1.31 bits per heavy atom. The van der Waals surface area contributed by atoms with Gasteiger partial charge in [-0.1, -0.05) is 35.3 Å². The summed E-state index contributed by atoms with van der Waals surface area (Å²) in [5.74, 6) is -0.194. The van der Waals surface area contributed by atoms with Crippen molar-refractivity contribution in [1.29, 1.82) is 0 Å². The van der Waals surface area contributed by atoms with Crippen molar-refractivity contribution < 1.29 is 23.8 Å². The van der Waals surface area contributed by atoms with Crippen LogP contribution in [0.3, 0.4) is 0 Å². The fraction of sp³-hybridized carbons (Fsp3) is 0.235. The lowest BCUT2D eigenvalue weighted by molar-refractivity contribution is -0.162. The number of anilines is 1. The van der Waals surface area contributed by atoms with E-state index in [9.17, 15) is 9.59 Å². The summed E-state index contributed by atoms with van der Waals surface area (Å²) in [5, 5.41) is 2.98. The molecule has 0 fully saturated rings. The van der Waals surface area contributed by atoms with Crippen molar-refractivity contribution in [2.75, 3.05) is 11.9 Å². The molecule has 2 heterocycles. The molecule has 0 aliphatic carbocycles. The smallest absolute Gasteiger partial charge is 0.351 e. The maximum atomic E-state index is 12.2. The first-order chi connectivity index (χ1) is 12.4. The molecule has 26 heavy (non-hydrogen) atoms. The third kappa shape index (κ3) is 4.17. The van der Waals surface area contributed by atoms with Crippen LogP contribution in [0, 0.1) is 0 Å². The molecule has 1 aromatic carbocycles. The standard InChI is InChI=1S/C17H14Cl2N2O5/c1-9(16(22)21-15-11(19)6-10(18)7-20-15)25-17(23)14-8-24-12-4-2-3-5-13(12)26-14/h2-7,9,14H,8H2,1H3,(H,20,21,22)/t9-,14+/m1/s1. The average Bonchev–Trinajstić information content (AvgIpc) is 2.63. The first kappa shape index (κ1) is 18.3. The molecule has 2 atom stereocenters. The minimum absolute atomic E-state index is 0.00520. The third-order valence-electron chi connectivity index (χ3n) is 3.48. The molecule has 1 N–H and O–H groups in total. The number of benzene rings is 1. The van der Waals surface area contributed by atoms with Gasteiger partial charge < -0.3 is 19.5 Å². The Labute approximate surface area is 159 Å². The second-order valence-corrected chi connectivity index (χ2v) is 6.26. The van der Waals surface area contributed by atoms with Crippen LogP contribution in [0.25, 0.3) is 0 Å². The molecule has 0 spiro atoms. The van der Waals surface area contributed by atoms with E-state index in [2.05, 4.69) is 10.3 Å². The molecule has 0 radical (unpaired) electrons. The molecule has 0 saturated heterocycles. The largest absolute Gasteiger partial charge is 0.485 e. The van der Waals surface area contributed by atoms with Gasteiger partial charge in [-0.2, -0.15) is 0 Å². The van der Waals surface area contributed by atoms with Crippen LogP contribution in [0.15, 0.2) is 36.5 Å². The predicted octanol–water partition coefficient (Wildman–Crippen LogP) is 3.10. The fourth-order valence-electron chi connectivity index (χ4n) is 2.16. The van der Waals surface area contributed by atoms with E-state index in [1.54, 1.807) is 24.3 Å². The summed E-state index contributed by atoms with van der Waals surface area (Å²) in [6.45, 7) is 1.42. The van der Waals surface area contributed by atoms with Gasteiger partial charge in [0.1, 0.15) is 6.61 Å². The van der Waals surface area contributed by atoms with Crippen molar-refractivity contribution in [1.82, 2.24) is 4.98 Å². The number of rotatable bonds is 4. The number of pyridine rings is 1. The van der Waals surface area contributed by atoms with Gasteiger partial charge in [0.2, 0.25) is 6.10 Å². The number of nitrogens with one attached hydrogen (secondary N) is 1. The van der Waals surface area contributed by atoms with E-state index in [-0.39, 0.29) is 17.4 Å². The molecule has 1 aliphatic rings. The SMILES string of the molecule is C[C@@H](OC(=O)[C@@H]1COc2ccccc2O1)C(=O)Nc1ncc(Cl)cc1Cl. The fourth-order valence-corrected chi connectivity index (χ4v) is 2.59. The van der Waals surface area contributed by atoms with Crippen molar-refractivity contribution in [3.05, 3.63) is 46.6 Å². The van der Waals surface area contributed by atoms with Crippen molar-refractivity contribution in [3.8, 4) is 11.5 Å². The Kier molecular flexibility index (Phi) is 5.49. The van der Waals surface area contributed by atoms with Crippen LogP contribution >= 0.6 is 23.2 Å². The molecule has 1 amide bonds. The minimum Gasteiger partial charge on any atom is -0.485 e. The quantitative estimate of drug-likeness (QED) is 0.798. The van der Waals surface area contributed by atoms with Gasteiger partial charge in [0.25, 0.3) is 5.91 Å². The monoisotopic (exact) mass is 396 g/mol. The Bertz CT molecular complexity index is 846. The molecule has 9 heteroatoms. The van der Waals surface area contributed by atoms with E-state index in [4.69, 9.17) is 37.4 Å². The van der Waals surface area contributed by atoms with E-state index in [0.29, 0.717) is 16.5 Å². The highest BCUT2D eigenvalue weighted by Crippen LogP contribution is 2.31. The Morgan fingerprint density at radius 2 is 2.04 bits per heavy atom. The molecular formula is C17H14Cl2N2O5. The van der Waals surface area contributed by atoms with Gasteiger partial charge in [-0.3, -0.25) is 4.79 Å². The average molecular weight is 397 g/mol. The lowest BCUT2D eigenvalue weighted by Gasteiger charge is -2.25. The number of ether oxygens (including phenoxy) is 3. The number of hydrogen-bond acceptors (Lipinski definition) is 6. The molecule has 1 aromatic heterocycles. The number of amides is 1. The summed E-state index contributed by atoms with van der Waals surface area (Å²) in [6, 6.07) is 8.40. The maximum absolute atomic E-state index is 12.2. The van der Waals surface area contributed by atoms with Crippen LogP contribution in [0.1, 0.15) is 6.92 Å². The van der Waals surface area contributed by atoms with Gasteiger partial charge in [-0.25, -0.2) is 9.78 Å². The number of esters is 1. The van der Waals surface area contributed by atoms with Gasteiger partial charge in [0.15, 0.2) is 23.4 Å². The van der Waals surface area contributed by atoms with E-state index < -0.39 is 24.1 Å². The van der Waals surface area contributed by atoms with E-state index in [1.165, 1.54) is 19.2 Å². The first-order valence-electron chi connectivity index (χ1n) is 7.65. The van der Waals surface area contributed by atoms with Crippen molar-refractivity contribution in [3.63, 3.8) is 0 Å².